The van der Waals surface area contributed by atoms with Crippen LogP contribution < -0.4 is 10.6 Å². The number of benzene rings is 7. The van der Waals surface area contributed by atoms with Crippen molar-refractivity contribution in [2.24, 2.45) is 20.9 Å². The molecule has 0 spiro atoms. The average molecular weight is 776 g/mol. The lowest BCUT2D eigenvalue weighted by Crippen LogP contribution is -2.89. The van der Waals surface area contributed by atoms with Gasteiger partial charge in [-0.2, -0.15) is 4.99 Å². The van der Waals surface area contributed by atoms with Gasteiger partial charge in [-0.25, -0.2) is 9.98 Å². The van der Waals surface area contributed by atoms with Gasteiger partial charge in [-0.15, -0.1) is 0 Å². The molecule has 4 aliphatic rings. The van der Waals surface area contributed by atoms with Gasteiger partial charge in [0.05, 0.1) is 22.9 Å². The first-order chi connectivity index (χ1) is 29.6. The van der Waals surface area contributed by atoms with Crippen LogP contribution in [0.4, 0.5) is 0 Å². The van der Waals surface area contributed by atoms with E-state index in [-0.39, 0.29) is 5.92 Å². The van der Waals surface area contributed by atoms with Crippen molar-refractivity contribution in [2.45, 2.75) is 32.4 Å². The smallest absolute Gasteiger partial charge is 0.236 e. The Morgan fingerprint density at radius 3 is 2.17 bits per heavy atom. The zero-order chi connectivity index (χ0) is 40.2. The van der Waals surface area contributed by atoms with Crippen molar-refractivity contribution in [3.63, 3.8) is 0 Å². The molecule has 0 radical (unpaired) electrons. The van der Waals surface area contributed by atoms with Gasteiger partial charge in [-0.05, 0) is 111 Å². The molecule has 2 unspecified atom stereocenters. The summed E-state index contributed by atoms with van der Waals surface area (Å²) in [6.45, 7) is 2.08. The maximum atomic E-state index is 9.13. The molecule has 0 fully saturated rings. The highest BCUT2D eigenvalue weighted by Crippen LogP contribution is 2.36. The molecule has 7 aromatic carbocycles. The minimum Gasteiger partial charge on any atom is -0.324 e. The minimum absolute atomic E-state index is 0.125. The third-order valence-corrected chi connectivity index (χ3v) is 12.5. The van der Waals surface area contributed by atoms with Crippen molar-refractivity contribution in [1.82, 2.24) is 5.32 Å². The number of allylic oxidation sites excluding steroid dienone is 5. The van der Waals surface area contributed by atoms with Crippen molar-refractivity contribution >= 4 is 61.6 Å². The Morgan fingerprint density at radius 2 is 1.37 bits per heavy atom. The summed E-state index contributed by atoms with van der Waals surface area (Å²) in [5.74, 6) is 2.67. The molecule has 6 nitrogen and oxygen atoms in total. The van der Waals surface area contributed by atoms with E-state index in [0.29, 0.717) is 5.71 Å². The fourth-order valence-corrected chi connectivity index (χ4v) is 9.39. The maximum absolute atomic E-state index is 9.13. The molecule has 0 saturated heterocycles. The van der Waals surface area contributed by atoms with Crippen molar-refractivity contribution in [1.29, 1.82) is 5.41 Å². The number of nitrogens with zero attached hydrogens (tertiary/aromatic N) is 3. The molecule has 288 valence electrons. The first kappa shape index (κ1) is 35.8. The Hall–Kier alpha value is -7.28. The van der Waals surface area contributed by atoms with Gasteiger partial charge in [0.15, 0.2) is 6.17 Å². The highest BCUT2D eigenvalue weighted by Gasteiger charge is 2.34. The van der Waals surface area contributed by atoms with Crippen LogP contribution in [0, 0.1) is 11.3 Å². The summed E-state index contributed by atoms with van der Waals surface area (Å²) in [5.41, 5.74) is 11.4. The molecule has 4 N–H and O–H groups in total. The Labute approximate surface area is 349 Å². The van der Waals surface area contributed by atoms with E-state index in [0.717, 1.165) is 86.9 Å². The highest BCUT2D eigenvalue weighted by atomic mass is 15.2. The Bertz CT molecular complexity index is 3140. The molecule has 2 aliphatic heterocycles. The third kappa shape index (κ3) is 6.24. The van der Waals surface area contributed by atoms with Crippen LogP contribution >= 0.6 is 0 Å². The fourth-order valence-electron chi connectivity index (χ4n) is 9.39. The molecule has 0 bridgehead atoms. The second kappa shape index (κ2) is 14.8. The van der Waals surface area contributed by atoms with Crippen LogP contribution in [0.15, 0.2) is 196 Å². The van der Waals surface area contributed by atoms with Gasteiger partial charge in [-0.3, -0.25) is 10.7 Å². The predicted molar refractivity (Wildman–Crippen MR) is 248 cm³/mol. The van der Waals surface area contributed by atoms with Gasteiger partial charge in [0, 0.05) is 16.7 Å². The lowest BCUT2D eigenvalue weighted by molar-refractivity contribution is -0.494. The van der Waals surface area contributed by atoms with Gasteiger partial charge in [0.2, 0.25) is 5.84 Å². The molecular weight excluding hydrogens is 733 g/mol. The summed E-state index contributed by atoms with van der Waals surface area (Å²) in [5, 5.41) is 22.3. The summed E-state index contributed by atoms with van der Waals surface area (Å²) in [4.78, 5) is 16.1. The minimum atomic E-state index is -0.478. The lowest BCUT2D eigenvalue weighted by Gasteiger charge is -2.27. The Balaban J connectivity index is 1.02. The molecule has 0 aromatic heterocycles. The van der Waals surface area contributed by atoms with E-state index in [1.165, 1.54) is 38.1 Å². The number of hydrogen-bond donors (Lipinski definition) is 3. The van der Waals surface area contributed by atoms with Crippen molar-refractivity contribution in [2.75, 3.05) is 0 Å². The Kier molecular flexibility index (Phi) is 8.86. The summed E-state index contributed by atoms with van der Waals surface area (Å²) in [7, 11) is 0. The molecule has 7 aromatic rings. The molecule has 6 heteroatoms. The first-order valence-corrected chi connectivity index (χ1v) is 20.9. The number of hydrogen-bond acceptors (Lipinski definition) is 5. The average Bonchev–Trinajstić information content (AvgIpc) is 3.33. The number of nitrogens with two attached hydrogens (primary N) is 1. The van der Waals surface area contributed by atoms with E-state index in [1.54, 1.807) is 0 Å². The normalized spacial score (nSPS) is 19.1. The lowest BCUT2D eigenvalue weighted by atomic mass is 9.87. The van der Waals surface area contributed by atoms with Crippen molar-refractivity contribution < 1.29 is 5.32 Å². The number of quaternary nitrogens is 1. The van der Waals surface area contributed by atoms with Crippen LogP contribution in [0.5, 0.6) is 0 Å². The zero-order valence-corrected chi connectivity index (χ0v) is 33.4. The van der Waals surface area contributed by atoms with Crippen LogP contribution in [0.1, 0.15) is 64.9 Å². The first-order valence-electron chi connectivity index (χ1n) is 20.9. The maximum Gasteiger partial charge on any atom is 0.236 e. The van der Waals surface area contributed by atoms with E-state index in [2.05, 4.69) is 157 Å². The van der Waals surface area contributed by atoms with Crippen molar-refractivity contribution in [3.8, 4) is 0 Å². The Morgan fingerprint density at radius 1 is 0.700 bits per heavy atom. The number of nitrogens with one attached hydrogen (secondary N) is 2. The van der Waals surface area contributed by atoms with Gasteiger partial charge in [0.25, 0.3) is 0 Å². The standard InChI is InChI=1S/C54H42N6/c1-33(49(55)34-15-3-2-4-16-34)50-45-25-13-14-26-48(45)56-51(57-50)35-27-29-36(30-28-35)52-58-53(46-31-37-17-5-7-19-39(37)41-21-9-11-23-43(41)46)60-54(59-52)47-32-38-18-6-8-20-40(38)42-22-10-12-24-44(42)47/h2-11,13-23,26-32,45,52,55H,12,24-25H2,1H3,(H,56,57)(H,58,59,60)/p+1/b50-33-,55-49?. The molecular formula is C54H43N6+. The third-order valence-electron chi connectivity index (χ3n) is 12.5. The molecule has 2 aliphatic carbocycles. The van der Waals surface area contributed by atoms with Crippen LogP contribution in [0.2, 0.25) is 0 Å². The second-order valence-corrected chi connectivity index (χ2v) is 16.0. The van der Waals surface area contributed by atoms with Gasteiger partial charge < -0.3 is 5.32 Å². The number of amidine groups is 3. The fraction of sp³-hybridized carbons (Fsp3) is 0.111. The van der Waals surface area contributed by atoms with Gasteiger partial charge >= 0.3 is 0 Å². The SMILES string of the molecule is C/C(C(=N)c1ccccc1)=C1/[NH2+]C(c2ccc(C3N=C(c4cc5ccccc5c5c4CCC=C5)NC(c4cc5ccccc5c5ccccc45)=N3)cc2)=NC2=CC=CCC21. The summed E-state index contributed by atoms with van der Waals surface area (Å²) < 4.78 is 0. The molecule has 0 saturated carbocycles. The van der Waals surface area contributed by atoms with Crippen LogP contribution in [0.3, 0.4) is 0 Å². The van der Waals surface area contributed by atoms with Crippen LogP contribution in [0.25, 0.3) is 38.4 Å². The van der Waals surface area contributed by atoms with E-state index in [1.807, 2.05) is 30.3 Å². The van der Waals surface area contributed by atoms with Gasteiger partial charge in [-0.1, -0.05) is 140 Å². The zero-order valence-electron chi connectivity index (χ0n) is 33.4. The van der Waals surface area contributed by atoms with E-state index >= 15 is 0 Å². The van der Waals surface area contributed by atoms with Crippen LogP contribution in [-0.2, 0) is 6.42 Å². The highest BCUT2D eigenvalue weighted by molar-refractivity contribution is 6.24. The number of rotatable bonds is 6. The molecule has 0 amide bonds. The monoisotopic (exact) mass is 775 g/mol. The second-order valence-electron chi connectivity index (χ2n) is 16.0. The number of aliphatic imine (C=N–C) groups is 3. The summed E-state index contributed by atoms with van der Waals surface area (Å²) in [6, 6.07) is 49.1. The molecule has 2 atom stereocenters. The molecule has 11 rings (SSSR count). The van der Waals surface area contributed by atoms with E-state index < -0.39 is 6.17 Å². The van der Waals surface area contributed by atoms with Crippen molar-refractivity contribution in [3.05, 3.63) is 220 Å². The number of fused-ring (bicyclic) bond motifs is 7. The van der Waals surface area contributed by atoms with E-state index in [9.17, 15) is 0 Å². The summed E-state index contributed by atoms with van der Waals surface area (Å²) in [6.07, 6.45) is 13.3. The predicted octanol–water partition coefficient (Wildman–Crippen LogP) is 10.7. The molecule has 60 heavy (non-hydrogen) atoms. The summed E-state index contributed by atoms with van der Waals surface area (Å²) >= 11 is 0. The van der Waals surface area contributed by atoms with Crippen LogP contribution in [-0.4, -0.2) is 23.2 Å². The largest absolute Gasteiger partial charge is 0.324 e. The van der Waals surface area contributed by atoms with E-state index in [4.69, 9.17) is 20.4 Å². The topological polar surface area (TPSA) is 89.6 Å². The van der Waals surface area contributed by atoms with Gasteiger partial charge in [0.1, 0.15) is 17.4 Å². The molecule has 2 heterocycles. The quantitative estimate of drug-likeness (QED) is 0.114.